The molecule has 7 heteroatoms. The largest absolute Gasteiger partial charge is 0.378 e. The summed E-state index contributed by atoms with van der Waals surface area (Å²) >= 11 is 0. The van der Waals surface area contributed by atoms with Crippen LogP contribution in [0.5, 0.6) is 0 Å². The zero-order valence-corrected chi connectivity index (χ0v) is 17.2. The van der Waals surface area contributed by atoms with E-state index in [0.717, 1.165) is 30.4 Å². The van der Waals surface area contributed by atoms with Gasteiger partial charge in [0.2, 0.25) is 18.2 Å². The first kappa shape index (κ1) is 19.3. The molecule has 7 nitrogen and oxygen atoms in total. The molecule has 152 valence electrons. The maximum absolute atomic E-state index is 6.14. The van der Waals surface area contributed by atoms with Crippen molar-refractivity contribution in [2.24, 2.45) is 15.7 Å². The van der Waals surface area contributed by atoms with Gasteiger partial charge in [-0.25, -0.2) is 4.99 Å². The molecule has 3 N–H and O–H groups in total. The summed E-state index contributed by atoms with van der Waals surface area (Å²) in [5.74, 6) is 1.07. The third kappa shape index (κ3) is 4.35. The van der Waals surface area contributed by atoms with Crippen molar-refractivity contribution in [1.29, 1.82) is 0 Å². The maximum Gasteiger partial charge on any atom is 0.222 e. The molecule has 2 aliphatic heterocycles. The summed E-state index contributed by atoms with van der Waals surface area (Å²) < 4.78 is 5.53. The van der Waals surface area contributed by atoms with Crippen molar-refractivity contribution in [2.45, 2.75) is 27.1 Å². The molecule has 29 heavy (non-hydrogen) atoms. The van der Waals surface area contributed by atoms with Crippen LogP contribution in [-0.2, 0) is 4.74 Å². The van der Waals surface area contributed by atoms with Gasteiger partial charge in [-0.3, -0.25) is 4.90 Å². The first-order chi connectivity index (χ1) is 14.0. The highest BCUT2D eigenvalue weighted by Gasteiger charge is 2.32. The zero-order chi connectivity index (χ0) is 20.4. The minimum absolute atomic E-state index is 0.275. The summed E-state index contributed by atoms with van der Waals surface area (Å²) in [4.78, 5) is 13.6. The van der Waals surface area contributed by atoms with Crippen LogP contribution in [0.4, 0.5) is 11.4 Å². The second-order valence-corrected chi connectivity index (χ2v) is 7.60. The lowest BCUT2D eigenvalue weighted by atomic mass is 10.1. The van der Waals surface area contributed by atoms with Gasteiger partial charge in [0.15, 0.2) is 0 Å². The number of ether oxygens (including phenoxy) is 1. The fraction of sp³-hybridized carbons (Fsp3) is 0.364. The SMILES string of the molecule is Cc1cc(C)cc(NC2N=C(N)N=C(N3CCOCC3)N2c2cccc(C)c2)c1. The van der Waals surface area contributed by atoms with E-state index in [1.54, 1.807) is 0 Å². The second kappa shape index (κ2) is 8.13. The molecule has 0 amide bonds. The Morgan fingerprint density at radius 1 is 1.00 bits per heavy atom. The summed E-state index contributed by atoms with van der Waals surface area (Å²) in [6, 6.07) is 14.8. The predicted molar refractivity (Wildman–Crippen MR) is 118 cm³/mol. The lowest BCUT2D eigenvalue weighted by Gasteiger charge is -2.41. The van der Waals surface area contributed by atoms with Crippen LogP contribution in [-0.4, -0.2) is 49.4 Å². The minimum atomic E-state index is -0.395. The molecule has 0 saturated carbocycles. The second-order valence-electron chi connectivity index (χ2n) is 7.60. The van der Waals surface area contributed by atoms with E-state index in [0.29, 0.717) is 13.2 Å². The molecule has 0 aliphatic carbocycles. The number of aryl methyl sites for hydroxylation is 3. The number of guanidine groups is 2. The highest BCUT2D eigenvalue weighted by atomic mass is 16.5. The maximum atomic E-state index is 6.14. The fourth-order valence-corrected chi connectivity index (χ4v) is 3.80. The molecule has 2 aliphatic rings. The average molecular weight is 393 g/mol. The van der Waals surface area contributed by atoms with E-state index in [1.807, 2.05) is 0 Å². The van der Waals surface area contributed by atoms with Crippen molar-refractivity contribution < 1.29 is 4.74 Å². The number of hydrogen-bond donors (Lipinski definition) is 2. The summed E-state index contributed by atoms with van der Waals surface area (Å²) in [7, 11) is 0. The van der Waals surface area contributed by atoms with Crippen molar-refractivity contribution in [3.05, 3.63) is 59.2 Å². The summed E-state index contributed by atoms with van der Waals surface area (Å²) in [6.07, 6.45) is -0.395. The smallest absolute Gasteiger partial charge is 0.222 e. The Labute approximate surface area is 171 Å². The number of nitrogens with two attached hydrogens (primary N) is 1. The summed E-state index contributed by atoms with van der Waals surface area (Å²) in [6.45, 7) is 9.16. The number of hydrogen-bond acceptors (Lipinski definition) is 7. The number of anilines is 2. The molecule has 0 aromatic heterocycles. The van der Waals surface area contributed by atoms with Crippen molar-refractivity contribution >= 4 is 23.3 Å². The van der Waals surface area contributed by atoms with E-state index >= 15 is 0 Å². The van der Waals surface area contributed by atoms with E-state index in [-0.39, 0.29) is 5.96 Å². The van der Waals surface area contributed by atoms with Gasteiger partial charge in [-0.2, -0.15) is 4.99 Å². The molecule has 1 unspecified atom stereocenters. The van der Waals surface area contributed by atoms with Gasteiger partial charge in [-0.1, -0.05) is 18.2 Å². The standard InChI is InChI=1S/C22H28N6O/c1-15-5-4-6-19(14-15)28-21(24-18-12-16(2)11-17(3)13-18)25-20(23)26-22(28)27-7-9-29-10-8-27/h4-6,11-14,21,24H,7-10H2,1-3H3,(H2,23,25). The zero-order valence-electron chi connectivity index (χ0n) is 17.2. The van der Waals surface area contributed by atoms with Crippen LogP contribution in [0.15, 0.2) is 52.4 Å². The summed E-state index contributed by atoms with van der Waals surface area (Å²) in [5, 5.41) is 3.55. The van der Waals surface area contributed by atoms with Crippen molar-refractivity contribution in [3.8, 4) is 0 Å². The Morgan fingerprint density at radius 3 is 2.41 bits per heavy atom. The normalized spacial score (nSPS) is 19.6. The van der Waals surface area contributed by atoms with Crippen LogP contribution in [0, 0.1) is 20.8 Å². The Morgan fingerprint density at radius 2 is 1.72 bits per heavy atom. The van der Waals surface area contributed by atoms with Crippen LogP contribution in [0.25, 0.3) is 0 Å². The quantitative estimate of drug-likeness (QED) is 0.840. The van der Waals surface area contributed by atoms with Gasteiger partial charge in [-0.05, 0) is 61.7 Å². The topological polar surface area (TPSA) is 78.5 Å². The fourth-order valence-electron chi connectivity index (χ4n) is 3.80. The Hall–Kier alpha value is -3.06. The predicted octanol–water partition coefficient (Wildman–Crippen LogP) is 2.83. The van der Waals surface area contributed by atoms with Crippen LogP contribution in [0.3, 0.4) is 0 Å². The monoisotopic (exact) mass is 392 g/mol. The molecule has 4 rings (SSSR count). The Kier molecular flexibility index (Phi) is 5.40. The van der Waals surface area contributed by atoms with Crippen LogP contribution < -0.4 is 16.0 Å². The first-order valence-corrected chi connectivity index (χ1v) is 9.95. The third-order valence-electron chi connectivity index (χ3n) is 5.02. The molecule has 0 bridgehead atoms. The Bertz CT molecular complexity index is 928. The van der Waals surface area contributed by atoms with E-state index in [9.17, 15) is 0 Å². The minimum Gasteiger partial charge on any atom is -0.378 e. The third-order valence-corrected chi connectivity index (χ3v) is 5.02. The molecule has 2 heterocycles. The molecular formula is C22H28N6O. The highest BCUT2D eigenvalue weighted by molar-refractivity contribution is 6.06. The van der Waals surface area contributed by atoms with Crippen molar-refractivity contribution in [3.63, 3.8) is 0 Å². The summed E-state index contributed by atoms with van der Waals surface area (Å²) in [5.41, 5.74) is 11.7. The van der Waals surface area contributed by atoms with Gasteiger partial charge in [0, 0.05) is 24.5 Å². The van der Waals surface area contributed by atoms with E-state index in [2.05, 4.69) is 88.3 Å². The molecule has 2 aromatic carbocycles. The van der Waals surface area contributed by atoms with Crippen LogP contribution in [0.1, 0.15) is 16.7 Å². The number of aliphatic imine (C=N–C) groups is 2. The highest BCUT2D eigenvalue weighted by Crippen LogP contribution is 2.26. The average Bonchev–Trinajstić information content (AvgIpc) is 2.67. The van der Waals surface area contributed by atoms with Gasteiger partial charge >= 0.3 is 0 Å². The number of nitrogens with one attached hydrogen (secondary N) is 1. The van der Waals surface area contributed by atoms with Gasteiger partial charge < -0.3 is 20.7 Å². The van der Waals surface area contributed by atoms with Crippen molar-refractivity contribution in [2.75, 3.05) is 36.5 Å². The van der Waals surface area contributed by atoms with E-state index in [1.165, 1.54) is 16.7 Å². The van der Waals surface area contributed by atoms with Gasteiger partial charge in [0.25, 0.3) is 0 Å². The first-order valence-electron chi connectivity index (χ1n) is 9.95. The molecular weight excluding hydrogens is 364 g/mol. The molecule has 1 fully saturated rings. The van der Waals surface area contributed by atoms with Crippen LogP contribution >= 0.6 is 0 Å². The van der Waals surface area contributed by atoms with Gasteiger partial charge in [0.1, 0.15) is 0 Å². The van der Waals surface area contributed by atoms with E-state index < -0.39 is 6.29 Å². The number of morpholine rings is 1. The van der Waals surface area contributed by atoms with Crippen LogP contribution in [0.2, 0.25) is 0 Å². The molecule has 2 aromatic rings. The Balaban J connectivity index is 1.74. The molecule has 0 radical (unpaired) electrons. The molecule has 1 atom stereocenters. The van der Waals surface area contributed by atoms with Gasteiger partial charge in [0.05, 0.1) is 13.2 Å². The lowest BCUT2D eigenvalue weighted by Crippen LogP contribution is -2.57. The van der Waals surface area contributed by atoms with E-state index in [4.69, 9.17) is 10.5 Å². The van der Waals surface area contributed by atoms with Crippen molar-refractivity contribution in [1.82, 2.24) is 4.90 Å². The molecule has 0 spiro atoms. The number of benzene rings is 2. The molecule has 1 saturated heterocycles. The lowest BCUT2D eigenvalue weighted by molar-refractivity contribution is 0.0671. The van der Waals surface area contributed by atoms with Gasteiger partial charge in [-0.15, -0.1) is 0 Å². The number of rotatable bonds is 3. The number of nitrogens with zero attached hydrogens (tertiary/aromatic N) is 4.